The minimum absolute atomic E-state index is 0.167. The number of carbonyl (C=O) groups is 2. The number of fused-ring (bicyclic) bond motifs is 1. The van der Waals surface area contributed by atoms with Crippen molar-refractivity contribution in [3.8, 4) is 0 Å². The molecule has 2 bridgehead atoms. The second-order valence-corrected chi connectivity index (χ2v) is 7.31. The van der Waals surface area contributed by atoms with E-state index >= 15 is 0 Å². The monoisotopic (exact) mass is 339 g/mol. The van der Waals surface area contributed by atoms with Crippen LogP contribution in [0.25, 0.3) is 0 Å². The standard InChI is InChI=1S/C20H21NO4/c1-11(2)10-15-20-9-8-14(25-20)16(19(23)24)17(20)18(22)21(15)13-7-5-4-6-12(13)3/h4-9,14-17H,1,10H2,2-3H3,(H,23,24)/t14-,15+,16-,17+,20+/m0/s1. The zero-order valence-electron chi connectivity index (χ0n) is 14.3. The first-order valence-electron chi connectivity index (χ1n) is 8.50. The molecule has 1 aromatic carbocycles. The van der Waals surface area contributed by atoms with E-state index in [1.807, 2.05) is 44.2 Å². The number of carboxylic acid groups (broad SMARTS) is 1. The summed E-state index contributed by atoms with van der Waals surface area (Å²) >= 11 is 0. The SMILES string of the molecule is C=C(C)C[C@H]1N(c2ccccc2C)C(=O)[C@H]2[C@@H](C(=O)O)[C@@H]3C=C[C@]21O3. The highest BCUT2D eigenvalue weighted by Crippen LogP contribution is 2.57. The Labute approximate surface area is 146 Å². The van der Waals surface area contributed by atoms with Gasteiger partial charge in [-0.05, 0) is 31.9 Å². The Balaban J connectivity index is 1.87. The Morgan fingerprint density at radius 1 is 1.40 bits per heavy atom. The van der Waals surface area contributed by atoms with Crippen molar-refractivity contribution in [2.45, 2.75) is 38.0 Å². The van der Waals surface area contributed by atoms with Crippen LogP contribution in [0.1, 0.15) is 18.9 Å². The molecule has 5 heteroatoms. The fraction of sp³-hybridized carbons (Fsp3) is 0.400. The van der Waals surface area contributed by atoms with Crippen LogP contribution in [0.15, 0.2) is 48.6 Å². The minimum Gasteiger partial charge on any atom is -0.481 e. The van der Waals surface area contributed by atoms with Gasteiger partial charge in [-0.2, -0.15) is 0 Å². The van der Waals surface area contributed by atoms with Crippen LogP contribution in [0.2, 0.25) is 0 Å². The Kier molecular flexibility index (Phi) is 3.41. The third kappa shape index (κ3) is 2.05. The van der Waals surface area contributed by atoms with Crippen LogP contribution in [-0.4, -0.2) is 34.7 Å². The normalized spacial score (nSPS) is 35.3. The van der Waals surface area contributed by atoms with Crippen LogP contribution >= 0.6 is 0 Å². The highest BCUT2D eigenvalue weighted by Gasteiger charge is 2.71. The molecule has 1 N–H and O–H groups in total. The molecule has 3 heterocycles. The quantitative estimate of drug-likeness (QED) is 0.857. The van der Waals surface area contributed by atoms with E-state index in [4.69, 9.17) is 4.74 Å². The van der Waals surface area contributed by atoms with Gasteiger partial charge in [0.2, 0.25) is 5.91 Å². The van der Waals surface area contributed by atoms with E-state index in [-0.39, 0.29) is 11.9 Å². The molecular formula is C20H21NO4. The number of anilines is 1. The van der Waals surface area contributed by atoms with Crippen LogP contribution in [0.3, 0.4) is 0 Å². The van der Waals surface area contributed by atoms with Gasteiger partial charge in [0.15, 0.2) is 0 Å². The van der Waals surface area contributed by atoms with Crippen molar-refractivity contribution in [1.29, 1.82) is 0 Å². The summed E-state index contributed by atoms with van der Waals surface area (Å²) in [6.07, 6.45) is 3.75. The van der Waals surface area contributed by atoms with Crippen molar-refractivity contribution in [2.24, 2.45) is 11.8 Å². The molecule has 130 valence electrons. The number of hydrogen-bond donors (Lipinski definition) is 1. The van der Waals surface area contributed by atoms with Gasteiger partial charge in [0, 0.05) is 5.69 Å². The van der Waals surface area contributed by atoms with Gasteiger partial charge in [-0.1, -0.05) is 35.9 Å². The summed E-state index contributed by atoms with van der Waals surface area (Å²) in [7, 11) is 0. The highest BCUT2D eigenvalue weighted by atomic mass is 16.5. The maximum atomic E-state index is 13.4. The van der Waals surface area contributed by atoms with E-state index in [1.165, 1.54) is 0 Å². The molecule has 1 amide bonds. The van der Waals surface area contributed by atoms with Gasteiger partial charge in [-0.3, -0.25) is 9.59 Å². The Morgan fingerprint density at radius 2 is 2.12 bits per heavy atom. The molecule has 5 atom stereocenters. The lowest BCUT2D eigenvalue weighted by molar-refractivity contribution is -0.146. The molecule has 1 aromatic rings. The van der Waals surface area contributed by atoms with Crippen molar-refractivity contribution in [2.75, 3.05) is 4.90 Å². The summed E-state index contributed by atoms with van der Waals surface area (Å²) in [6.45, 7) is 7.88. The first-order chi connectivity index (χ1) is 11.9. The van der Waals surface area contributed by atoms with Crippen molar-refractivity contribution >= 4 is 17.6 Å². The number of aliphatic carboxylic acids is 1. The lowest BCUT2D eigenvalue weighted by atomic mass is 9.74. The minimum atomic E-state index is -0.977. The number of amides is 1. The summed E-state index contributed by atoms with van der Waals surface area (Å²) in [5, 5.41) is 9.67. The fourth-order valence-electron chi connectivity index (χ4n) is 4.63. The zero-order chi connectivity index (χ0) is 17.9. The number of ether oxygens (including phenoxy) is 1. The van der Waals surface area contributed by atoms with Crippen LogP contribution in [0, 0.1) is 18.8 Å². The highest BCUT2D eigenvalue weighted by molar-refractivity contribution is 6.03. The van der Waals surface area contributed by atoms with Gasteiger partial charge in [0.05, 0.1) is 18.1 Å². The van der Waals surface area contributed by atoms with Crippen molar-refractivity contribution in [3.05, 3.63) is 54.1 Å². The number of benzene rings is 1. The lowest BCUT2D eigenvalue weighted by Crippen LogP contribution is -2.45. The second kappa shape index (κ2) is 5.30. The molecule has 2 fully saturated rings. The maximum absolute atomic E-state index is 13.4. The van der Waals surface area contributed by atoms with E-state index in [2.05, 4.69) is 6.58 Å². The van der Waals surface area contributed by atoms with Crippen LogP contribution < -0.4 is 4.90 Å². The molecule has 5 nitrogen and oxygen atoms in total. The van der Waals surface area contributed by atoms with E-state index in [0.29, 0.717) is 6.42 Å². The van der Waals surface area contributed by atoms with Gasteiger partial charge >= 0.3 is 5.97 Å². The number of hydrogen-bond acceptors (Lipinski definition) is 3. The second-order valence-electron chi connectivity index (χ2n) is 7.31. The van der Waals surface area contributed by atoms with Gasteiger partial charge in [-0.15, -0.1) is 6.58 Å². The average Bonchev–Trinajstić information content (AvgIpc) is 3.18. The maximum Gasteiger partial charge on any atom is 0.310 e. The molecule has 0 unspecified atom stereocenters. The molecule has 1 spiro atoms. The molecule has 3 aliphatic heterocycles. The van der Waals surface area contributed by atoms with Crippen LogP contribution in [0.4, 0.5) is 5.69 Å². The summed E-state index contributed by atoms with van der Waals surface area (Å²) < 4.78 is 6.14. The number of para-hydroxylation sites is 1. The molecule has 0 aliphatic carbocycles. The number of aryl methyl sites for hydroxylation is 1. The number of nitrogens with zero attached hydrogens (tertiary/aromatic N) is 1. The van der Waals surface area contributed by atoms with Gasteiger partial charge < -0.3 is 14.7 Å². The van der Waals surface area contributed by atoms with Crippen molar-refractivity contribution in [3.63, 3.8) is 0 Å². The average molecular weight is 339 g/mol. The van der Waals surface area contributed by atoms with Crippen molar-refractivity contribution in [1.82, 2.24) is 0 Å². The van der Waals surface area contributed by atoms with Crippen LogP contribution in [-0.2, 0) is 14.3 Å². The smallest absolute Gasteiger partial charge is 0.310 e. The van der Waals surface area contributed by atoms with Gasteiger partial charge in [0.25, 0.3) is 0 Å². The Bertz CT molecular complexity index is 814. The summed E-state index contributed by atoms with van der Waals surface area (Å²) in [6, 6.07) is 7.39. The molecule has 3 aliphatic rings. The van der Waals surface area contributed by atoms with E-state index in [1.54, 1.807) is 11.0 Å². The summed E-state index contributed by atoms with van der Waals surface area (Å²) in [4.78, 5) is 26.9. The summed E-state index contributed by atoms with van der Waals surface area (Å²) in [5.74, 6) is -2.67. The first-order valence-corrected chi connectivity index (χ1v) is 8.50. The van der Waals surface area contributed by atoms with E-state index in [9.17, 15) is 14.7 Å². The van der Waals surface area contributed by atoms with Crippen molar-refractivity contribution < 1.29 is 19.4 Å². The van der Waals surface area contributed by atoms with Gasteiger partial charge in [-0.25, -0.2) is 0 Å². The zero-order valence-corrected chi connectivity index (χ0v) is 14.3. The first kappa shape index (κ1) is 16.1. The molecule has 0 radical (unpaired) electrons. The third-order valence-corrected chi connectivity index (χ3v) is 5.62. The Hall–Kier alpha value is -2.40. The number of carbonyl (C=O) groups excluding carboxylic acids is 1. The third-order valence-electron chi connectivity index (χ3n) is 5.62. The lowest BCUT2D eigenvalue weighted by Gasteiger charge is -2.34. The molecule has 4 rings (SSSR count). The fourth-order valence-corrected chi connectivity index (χ4v) is 4.63. The molecule has 0 aromatic heterocycles. The summed E-state index contributed by atoms with van der Waals surface area (Å²) in [5.41, 5.74) is 1.84. The largest absolute Gasteiger partial charge is 0.481 e. The number of rotatable bonds is 4. The predicted octanol–water partition coefficient (Wildman–Crippen LogP) is 2.70. The topological polar surface area (TPSA) is 66.8 Å². The molecule has 25 heavy (non-hydrogen) atoms. The molecular weight excluding hydrogens is 318 g/mol. The van der Waals surface area contributed by atoms with E-state index < -0.39 is 29.5 Å². The molecule has 0 saturated carbocycles. The molecule has 2 saturated heterocycles. The van der Waals surface area contributed by atoms with E-state index in [0.717, 1.165) is 16.8 Å². The van der Waals surface area contributed by atoms with Crippen LogP contribution in [0.5, 0.6) is 0 Å². The number of carboxylic acids is 1. The Morgan fingerprint density at radius 3 is 2.76 bits per heavy atom. The predicted molar refractivity (Wildman–Crippen MR) is 93.2 cm³/mol. The van der Waals surface area contributed by atoms with Gasteiger partial charge in [0.1, 0.15) is 11.5 Å².